The number of aromatic nitrogens is 2. The van der Waals surface area contributed by atoms with Crippen molar-refractivity contribution in [2.24, 2.45) is 17.8 Å². The summed E-state index contributed by atoms with van der Waals surface area (Å²) in [5.74, 6) is -0.556. The van der Waals surface area contributed by atoms with Crippen molar-refractivity contribution >= 4 is 57.0 Å². The van der Waals surface area contributed by atoms with Gasteiger partial charge in [0.05, 0.1) is 28.5 Å². The van der Waals surface area contributed by atoms with Crippen molar-refractivity contribution in [1.29, 1.82) is 5.26 Å². The number of anilines is 2. The van der Waals surface area contributed by atoms with Gasteiger partial charge in [0.15, 0.2) is 11.5 Å². The Morgan fingerprint density at radius 3 is 2.29 bits per heavy atom. The summed E-state index contributed by atoms with van der Waals surface area (Å²) in [4.78, 5) is 70.9. The number of hydrogen-bond acceptors (Lipinski definition) is 12. The molecular formula is C41H41BrFN9O6. The third kappa shape index (κ3) is 7.28. The van der Waals surface area contributed by atoms with Crippen LogP contribution in [0.5, 0.6) is 5.75 Å². The highest BCUT2D eigenvalue weighted by atomic mass is 79.9. The molecule has 1 aromatic heterocycles. The summed E-state index contributed by atoms with van der Waals surface area (Å²) in [6.07, 6.45) is 3.29. The van der Waals surface area contributed by atoms with Crippen LogP contribution in [0, 0.1) is 34.9 Å². The van der Waals surface area contributed by atoms with E-state index < -0.39 is 35.5 Å². The zero-order valence-electron chi connectivity index (χ0n) is 31.5. The van der Waals surface area contributed by atoms with Gasteiger partial charge in [0.1, 0.15) is 23.7 Å². The van der Waals surface area contributed by atoms with Gasteiger partial charge in [-0.2, -0.15) is 5.26 Å². The van der Waals surface area contributed by atoms with E-state index in [1.165, 1.54) is 6.07 Å². The zero-order chi connectivity index (χ0) is 40.2. The van der Waals surface area contributed by atoms with Crippen LogP contribution in [0.3, 0.4) is 0 Å². The molecule has 0 bridgehead atoms. The smallest absolute Gasteiger partial charge is 0.272 e. The molecule has 4 aliphatic heterocycles. The topological polar surface area (TPSA) is 181 Å². The van der Waals surface area contributed by atoms with Crippen LogP contribution in [0.15, 0.2) is 46.9 Å². The van der Waals surface area contributed by atoms with E-state index in [1.807, 2.05) is 17.0 Å². The van der Waals surface area contributed by atoms with Gasteiger partial charge >= 0.3 is 0 Å². The van der Waals surface area contributed by atoms with Crippen LogP contribution in [-0.2, 0) is 9.59 Å². The number of imide groups is 2. The minimum Gasteiger partial charge on any atom is -0.490 e. The van der Waals surface area contributed by atoms with Crippen LogP contribution >= 0.6 is 15.9 Å². The Bertz CT molecular complexity index is 2230. The van der Waals surface area contributed by atoms with Gasteiger partial charge in [-0.3, -0.25) is 39.1 Å². The number of amides is 5. The standard InChI is InChI=1S/C41H41BrFN9O6/c42-31-15-25(4-1-22(31)18-44)58-24-5-2-23(3-6-24)45-38(54)33-7-9-36(48-47-33)50-13-11-49(12-14-50)19-28-29-20-51(21-30(28)29)35-17-27-26(16-32(35)43)40(56)52(41(27)57)34-8-10-37(53)46-39(34)55/h1,4,7,9,15-17,23-24,28-30,34H,2-3,5-6,8,10-14,19-21H2,(H,45,54)(H,46,53,55)/t23?,24?,28?,29-,30+,34?. The van der Waals surface area contributed by atoms with Crippen LogP contribution in [0.4, 0.5) is 15.9 Å². The lowest BCUT2D eigenvalue weighted by molar-refractivity contribution is -0.136. The molecule has 0 radical (unpaired) electrons. The first-order valence-corrected chi connectivity index (χ1v) is 20.6. The van der Waals surface area contributed by atoms with Crippen LogP contribution in [0.1, 0.15) is 75.3 Å². The highest BCUT2D eigenvalue weighted by Gasteiger charge is 2.56. The quantitative estimate of drug-likeness (QED) is 0.301. The van der Waals surface area contributed by atoms with E-state index >= 15 is 4.39 Å². The maximum absolute atomic E-state index is 15.4. The Labute approximate surface area is 342 Å². The lowest BCUT2D eigenvalue weighted by atomic mass is 9.93. The molecule has 2 N–H and O–H groups in total. The van der Waals surface area contributed by atoms with Crippen LogP contribution < -0.4 is 25.2 Å². The first kappa shape index (κ1) is 38.1. The monoisotopic (exact) mass is 853 g/mol. The summed E-state index contributed by atoms with van der Waals surface area (Å²) in [5.41, 5.74) is 1.16. The zero-order valence-corrected chi connectivity index (χ0v) is 33.1. The Morgan fingerprint density at radius 2 is 1.64 bits per heavy atom. The number of carbonyl (C=O) groups excluding carboxylic acids is 5. The number of ether oxygens (including phenoxy) is 1. The van der Waals surface area contributed by atoms with Crippen molar-refractivity contribution in [2.75, 3.05) is 55.6 Å². The van der Waals surface area contributed by atoms with Gasteiger partial charge in [-0.25, -0.2) is 4.39 Å². The fourth-order valence-electron chi connectivity index (χ4n) is 9.35. The van der Waals surface area contributed by atoms with Crippen molar-refractivity contribution in [3.63, 3.8) is 0 Å². The molecule has 6 aliphatic rings. The van der Waals surface area contributed by atoms with Gasteiger partial charge in [-0.15, -0.1) is 10.2 Å². The Kier molecular flexibility index (Phi) is 10.1. The number of nitrogens with one attached hydrogen (secondary N) is 2. The molecule has 15 nitrogen and oxygen atoms in total. The van der Waals surface area contributed by atoms with Gasteiger partial charge < -0.3 is 19.9 Å². The number of nitriles is 1. The van der Waals surface area contributed by atoms with Crippen molar-refractivity contribution in [1.82, 2.24) is 30.6 Å². The lowest BCUT2D eigenvalue weighted by Crippen LogP contribution is -2.54. The molecule has 300 valence electrons. The van der Waals surface area contributed by atoms with Gasteiger partial charge in [0.2, 0.25) is 11.8 Å². The molecule has 2 aromatic carbocycles. The Morgan fingerprint density at radius 1 is 0.914 bits per heavy atom. The largest absolute Gasteiger partial charge is 0.490 e. The predicted octanol–water partition coefficient (Wildman–Crippen LogP) is 3.28. The molecule has 5 heterocycles. The SMILES string of the molecule is N#Cc1ccc(OC2CCC(NC(=O)c3ccc(N4CCN(CC5[C@H]6CN(c7cc8c(cc7F)C(=O)N(C7CCC(=O)NC7=O)C8=O)C[C@@H]56)CC4)nn3)CC2)cc1Br. The second kappa shape index (κ2) is 15.4. The maximum Gasteiger partial charge on any atom is 0.272 e. The molecule has 2 aliphatic carbocycles. The highest BCUT2D eigenvalue weighted by Crippen LogP contribution is 2.53. The maximum atomic E-state index is 15.4. The number of carbonyl (C=O) groups is 5. The van der Waals surface area contributed by atoms with E-state index in [2.05, 4.69) is 52.6 Å². The summed E-state index contributed by atoms with van der Waals surface area (Å²) < 4.78 is 22.3. The van der Waals surface area contributed by atoms with E-state index in [1.54, 1.807) is 18.2 Å². The third-order valence-corrected chi connectivity index (χ3v) is 13.3. The molecular weight excluding hydrogens is 813 g/mol. The summed E-state index contributed by atoms with van der Waals surface area (Å²) in [5, 5.41) is 23.1. The first-order valence-electron chi connectivity index (χ1n) is 19.8. The molecule has 4 atom stereocenters. The number of piperazine rings is 1. The van der Waals surface area contributed by atoms with E-state index in [9.17, 15) is 24.0 Å². The third-order valence-electron chi connectivity index (χ3n) is 12.6. The van der Waals surface area contributed by atoms with Crippen molar-refractivity contribution < 1.29 is 33.1 Å². The van der Waals surface area contributed by atoms with E-state index in [-0.39, 0.29) is 53.4 Å². The summed E-state index contributed by atoms with van der Waals surface area (Å²) in [6, 6.07) is 12.5. The summed E-state index contributed by atoms with van der Waals surface area (Å²) >= 11 is 3.40. The van der Waals surface area contributed by atoms with Gasteiger partial charge in [0.25, 0.3) is 17.7 Å². The predicted molar refractivity (Wildman–Crippen MR) is 209 cm³/mol. The molecule has 0 spiro atoms. The second-order valence-corrected chi connectivity index (χ2v) is 16.9. The number of benzene rings is 2. The molecule has 2 saturated carbocycles. The minimum absolute atomic E-state index is 0.0181. The van der Waals surface area contributed by atoms with E-state index in [0.29, 0.717) is 46.6 Å². The fourth-order valence-corrected chi connectivity index (χ4v) is 9.79. The molecule has 9 rings (SSSR count). The average Bonchev–Trinajstić information content (AvgIpc) is 3.52. The van der Waals surface area contributed by atoms with Crippen LogP contribution in [-0.4, -0.2) is 114 Å². The van der Waals surface area contributed by atoms with Crippen molar-refractivity contribution in [3.05, 3.63) is 75.1 Å². The lowest BCUT2D eigenvalue weighted by Gasteiger charge is -2.35. The molecule has 5 fully saturated rings. The van der Waals surface area contributed by atoms with E-state index in [4.69, 9.17) is 10.00 Å². The fraction of sp³-hybridized carbons (Fsp3) is 0.463. The number of hydrogen-bond donors (Lipinski definition) is 2. The van der Waals surface area contributed by atoms with Gasteiger partial charge in [-0.1, -0.05) is 0 Å². The van der Waals surface area contributed by atoms with Crippen LogP contribution in [0.25, 0.3) is 0 Å². The molecule has 17 heteroatoms. The number of halogens is 2. The van der Waals surface area contributed by atoms with Gasteiger partial charge in [-0.05, 0) is 108 Å². The van der Waals surface area contributed by atoms with Crippen molar-refractivity contribution in [2.45, 2.75) is 56.7 Å². The summed E-state index contributed by atoms with van der Waals surface area (Å²) in [6.45, 7) is 5.55. The molecule has 58 heavy (non-hydrogen) atoms. The number of piperidine rings is 2. The Balaban J connectivity index is 0.711. The highest BCUT2D eigenvalue weighted by molar-refractivity contribution is 9.10. The minimum atomic E-state index is -1.10. The second-order valence-electron chi connectivity index (χ2n) is 16.1. The van der Waals surface area contributed by atoms with Gasteiger partial charge in [0, 0.05) is 62.7 Å². The molecule has 2 unspecified atom stereocenters. The average molecular weight is 855 g/mol. The van der Waals surface area contributed by atoms with Crippen LogP contribution in [0.2, 0.25) is 0 Å². The van der Waals surface area contributed by atoms with E-state index in [0.717, 1.165) is 75.2 Å². The normalized spacial score (nSPS) is 26.9. The Hall–Kier alpha value is -5.47. The molecule has 5 amide bonds. The summed E-state index contributed by atoms with van der Waals surface area (Å²) in [7, 11) is 0. The molecule has 3 aromatic rings. The number of fused-ring (bicyclic) bond motifs is 2. The number of rotatable bonds is 9. The first-order chi connectivity index (χ1) is 28.0. The number of nitrogens with zero attached hydrogens (tertiary/aromatic N) is 7. The molecule has 3 saturated heterocycles. The van der Waals surface area contributed by atoms with Crippen molar-refractivity contribution in [3.8, 4) is 11.8 Å².